The summed E-state index contributed by atoms with van der Waals surface area (Å²) in [5, 5.41) is 7.45. The lowest BCUT2D eigenvalue weighted by Crippen LogP contribution is -2.17. The van der Waals surface area contributed by atoms with E-state index in [9.17, 15) is 0 Å². The molecule has 1 aromatic carbocycles. The monoisotopic (exact) mass is 285 g/mol. The molecule has 0 radical (unpaired) electrons. The van der Waals surface area contributed by atoms with Crippen molar-refractivity contribution < 1.29 is 4.52 Å². The van der Waals surface area contributed by atoms with Gasteiger partial charge in [-0.05, 0) is 24.4 Å². The van der Waals surface area contributed by atoms with Gasteiger partial charge in [0.05, 0.1) is 6.54 Å². The summed E-state index contributed by atoms with van der Waals surface area (Å²) in [4.78, 5) is 4.43. The third kappa shape index (κ3) is 4.39. The lowest BCUT2D eigenvalue weighted by atomic mass is 10.0. The second-order valence-electron chi connectivity index (χ2n) is 5.88. The minimum absolute atomic E-state index is 0.675. The normalized spacial score (nSPS) is 15.6. The summed E-state index contributed by atoms with van der Waals surface area (Å²) in [6.07, 6.45) is 7.64. The van der Waals surface area contributed by atoms with Crippen molar-refractivity contribution in [3.05, 3.63) is 47.6 Å². The number of rotatable bonds is 7. The van der Waals surface area contributed by atoms with E-state index in [4.69, 9.17) is 4.52 Å². The first-order valence-electron chi connectivity index (χ1n) is 7.96. The lowest BCUT2D eigenvalue weighted by molar-refractivity contribution is 0.359. The molecule has 0 saturated heterocycles. The molecule has 0 bridgehead atoms. The van der Waals surface area contributed by atoms with E-state index < -0.39 is 0 Å². The van der Waals surface area contributed by atoms with Gasteiger partial charge in [-0.3, -0.25) is 0 Å². The molecule has 0 atom stereocenters. The third-order valence-corrected chi connectivity index (χ3v) is 4.20. The summed E-state index contributed by atoms with van der Waals surface area (Å²) in [6.45, 7) is 1.72. The third-order valence-electron chi connectivity index (χ3n) is 4.20. The summed E-state index contributed by atoms with van der Waals surface area (Å²) in [7, 11) is 0. The van der Waals surface area contributed by atoms with Crippen molar-refractivity contribution in [1.29, 1.82) is 0 Å². The predicted octanol–water partition coefficient (Wildman–Crippen LogP) is 3.33. The van der Waals surface area contributed by atoms with Crippen LogP contribution in [-0.2, 0) is 13.0 Å². The fourth-order valence-corrected chi connectivity index (χ4v) is 3.01. The molecule has 1 saturated carbocycles. The molecule has 3 rings (SSSR count). The van der Waals surface area contributed by atoms with Crippen LogP contribution in [0, 0.1) is 5.92 Å². The largest absolute Gasteiger partial charge is 0.338 e. The van der Waals surface area contributed by atoms with Crippen molar-refractivity contribution in [3.8, 4) is 0 Å². The van der Waals surface area contributed by atoms with E-state index in [2.05, 4.69) is 27.6 Å². The Morgan fingerprint density at radius 2 is 1.95 bits per heavy atom. The van der Waals surface area contributed by atoms with Gasteiger partial charge in [0, 0.05) is 6.42 Å². The molecule has 4 nitrogen and oxygen atoms in total. The molecule has 2 aromatic rings. The summed E-state index contributed by atoms with van der Waals surface area (Å²) in [5.41, 5.74) is 1.21. The van der Waals surface area contributed by atoms with Gasteiger partial charge in [0.1, 0.15) is 0 Å². The van der Waals surface area contributed by atoms with Gasteiger partial charge in [0.15, 0.2) is 5.82 Å². The zero-order valence-electron chi connectivity index (χ0n) is 12.4. The maximum Gasteiger partial charge on any atom is 0.240 e. The standard InChI is InChI=1S/C17H23N3O/c1-2-8-15(9-3-1)12-16-19-17(21-20-16)13-18-11-10-14-6-4-5-7-14/h1-3,8-9,14,18H,4-7,10-13H2. The zero-order valence-corrected chi connectivity index (χ0v) is 12.4. The number of benzene rings is 1. The van der Waals surface area contributed by atoms with Crippen molar-refractivity contribution in [2.24, 2.45) is 5.92 Å². The predicted molar refractivity (Wildman–Crippen MR) is 81.8 cm³/mol. The van der Waals surface area contributed by atoms with Crippen molar-refractivity contribution in [1.82, 2.24) is 15.5 Å². The Balaban J connectivity index is 1.40. The molecule has 4 heteroatoms. The van der Waals surface area contributed by atoms with Crippen LogP contribution in [0.5, 0.6) is 0 Å². The van der Waals surface area contributed by atoms with Crippen molar-refractivity contribution in [2.45, 2.75) is 45.1 Å². The quantitative estimate of drug-likeness (QED) is 0.793. The molecular weight excluding hydrogens is 262 g/mol. The van der Waals surface area contributed by atoms with Crippen LogP contribution < -0.4 is 5.32 Å². The minimum atomic E-state index is 0.675. The average Bonchev–Trinajstić information content (AvgIpc) is 3.17. The number of aromatic nitrogens is 2. The Labute approximate surface area is 126 Å². The molecular formula is C17H23N3O. The summed E-state index contributed by atoms with van der Waals surface area (Å²) >= 11 is 0. The SMILES string of the molecule is c1ccc(Cc2noc(CNCCC3CCCC3)n2)cc1. The number of nitrogens with zero attached hydrogens (tertiary/aromatic N) is 2. The Hall–Kier alpha value is -1.68. The molecule has 1 heterocycles. The minimum Gasteiger partial charge on any atom is -0.338 e. The molecule has 1 aromatic heterocycles. The average molecular weight is 285 g/mol. The fourth-order valence-electron chi connectivity index (χ4n) is 3.01. The van der Waals surface area contributed by atoms with Crippen molar-refractivity contribution >= 4 is 0 Å². The van der Waals surface area contributed by atoms with Crippen LogP contribution in [0.4, 0.5) is 0 Å². The van der Waals surface area contributed by atoms with E-state index in [1.54, 1.807) is 0 Å². The first kappa shape index (κ1) is 14.3. The van der Waals surface area contributed by atoms with Crippen LogP contribution in [0.1, 0.15) is 49.4 Å². The van der Waals surface area contributed by atoms with Crippen LogP contribution >= 0.6 is 0 Å². The highest BCUT2D eigenvalue weighted by Gasteiger charge is 2.14. The molecule has 0 aliphatic heterocycles. The highest BCUT2D eigenvalue weighted by molar-refractivity contribution is 5.18. The second kappa shape index (κ2) is 7.36. The first-order chi connectivity index (χ1) is 10.4. The van der Waals surface area contributed by atoms with Crippen molar-refractivity contribution in [2.75, 3.05) is 6.54 Å². The lowest BCUT2D eigenvalue weighted by Gasteiger charge is -2.08. The highest BCUT2D eigenvalue weighted by atomic mass is 16.5. The maximum atomic E-state index is 5.29. The van der Waals surface area contributed by atoms with Crippen LogP contribution in [-0.4, -0.2) is 16.7 Å². The fraction of sp³-hybridized carbons (Fsp3) is 0.529. The van der Waals surface area contributed by atoms with Crippen LogP contribution in [0.3, 0.4) is 0 Å². The van der Waals surface area contributed by atoms with Gasteiger partial charge in [0.25, 0.3) is 0 Å². The molecule has 0 spiro atoms. The van der Waals surface area contributed by atoms with Gasteiger partial charge in [-0.2, -0.15) is 4.98 Å². The van der Waals surface area contributed by atoms with E-state index in [0.717, 1.165) is 24.7 Å². The van der Waals surface area contributed by atoms with Gasteiger partial charge >= 0.3 is 0 Å². The Morgan fingerprint density at radius 3 is 2.76 bits per heavy atom. The smallest absolute Gasteiger partial charge is 0.240 e. The number of nitrogens with one attached hydrogen (secondary N) is 1. The van der Waals surface area contributed by atoms with Gasteiger partial charge in [-0.25, -0.2) is 0 Å². The van der Waals surface area contributed by atoms with E-state index in [0.29, 0.717) is 12.4 Å². The molecule has 0 unspecified atom stereocenters. The van der Waals surface area contributed by atoms with Crippen molar-refractivity contribution in [3.63, 3.8) is 0 Å². The molecule has 0 amide bonds. The topological polar surface area (TPSA) is 51.0 Å². The van der Waals surface area contributed by atoms with Crippen LogP contribution in [0.25, 0.3) is 0 Å². The van der Waals surface area contributed by atoms with E-state index in [-0.39, 0.29) is 0 Å². The Morgan fingerprint density at radius 1 is 1.14 bits per heavy atom. The van der Waals surface area contributed by atoms with E-state index in [1.165, 1.54) is 37.7 Å². The van der Waals surface area contributed by atoms with Gasteiger partial charge in [-0.15, -0.1) is 0 Å². The summed E-state index contributed by atoms with van der Waals surface area (Å²) in [6, 6.07) is 10.2. The van der Waals surface area contributed by atoms with Crippen LogP contribution in [0.15, 0.2) is 34.9 Å². The number of hydrogen-bond donors (Lipinski definition) is 1. The Kier molecular flexibility index (Phi) is 5.00. The van der Waals surface area contributed by atoms with Gasteiger partial charge in [0.2, 0.25) is 5.89 Å². The zero-order chi connectivity index (χ0) is 14.3. The molecule has 1 fully saturated rings. The summed E-state index contributed by atoms with van der Waals surface area (Å²) in [5.74, 6) is 2.37. The molecule has 1 aliphatic carbocycles. The molecule has 1 aliphatic rings. The molecule has 21 heavy (non-hydrogen) atoms. The number of hydrogen-bond acceptors (Lipinski definition) is 4. The maximum absolute atomic E-state index is 5.29. The van der Waals surface area contributed by atoms with E-state index in [1.807, 2.05) is 18.2 Å². The molecule has 1 N–H and O–H groups in total. The van der Waals surface area contributed by atoms with Gasteiger partial charge in [-0.1, -0.05) is 61.2 Å². The Bertz CT molecular complexity index is 532. The van der Waals surface area contributed by atoms with Gasteiger partial charge < -0.3 is 9.84 Å². The first-order valence-corrected chi connectivity index (χ1v) is 7.96. The van der Waals surface area contributed by atoms with Crippen LogP contribution in [0.2, 0.25) is 0 Å². The summed E-state index contributed by atoms with van der Waals surface area (Å²) < 4.78 is 5.29. The molecule has 112 valence electrons. The second-order valence-corrected chi connectivity index (χ2v) is 5.88. The highest BCUT2D eigenvalue weighted by Crippen LogP contribution is 2.26. The van der Waals surface area contributed by atoms with E-state index >= 15 is 0 Å².